The number of nitrogens with two attached hydrogens (primary N) is 1. The van der Waals surface area contributed by atoms with Gasteiger partial charge in [-0.1, -0.05) is 24.3 Å². The molecule has 0 aliphatic carbocycles. The summed E-state index contributed by atoms with van der Waals surface area (Å²) in [5.74, 6) is 0.677. The monoisotopic (exact) mass is 437 g/mol. The first kappa shape index (κ1) is 24.1. The molecule has 30 heavy (non-hydrogen) atoms. The molecule has 0 saturated carbocycles. The number of hydrogen-bond donors (Lipinski definition) is 3. The number of aliphatic imine (C=N–C) groups is 1. The molecule has 1 unspecified atom stereocenters. The fourth-order valence-electron chi connectivity index (χ4n) is 3.75. The number of likely N-dealkylation sites (tertiary alicyclic amines) is 1. The van der Waals surface area contributed by atoms with Gasteiger partial charge in [0.05, 0.1) is 12.3 Å². The van der Waals surface area contributed by atoms with Crippen molar-refractivity contribution in [3.8, 4) is 0 Å². The van der Waals surface area contributed by atoms with E-state index in [-0.39, 0.29) is 23.6 Å². The number of guanidine groups is 1. The SMILES string of the molecule is CCNC(=NCc1ccccc1CS(=O)(=O)NC(C)C)N1CCCC(CC(N)=O)C1. The number of piperidine rings is 1. The highest BCUT2D eigenvalue weighted by Crippen LogP contribution is 2.20. The number of sulfonamides is 1. The Morgan fingerprint density at radius 2 is 2.00 bits per heavy atom. The predicted octanol–water partition coefficient (Wildman–Crippen LogP) is 1.57. The maximum atomic E-state index is 12.4. The highest BCUT2D eigenvalue weighted by molar-refractivity contribution is 7.88. The van der Waals surface area contributed by atoms with Crippen LogP contribution < -0.4 is 15.8 Å². The van der Waals surface area contributed by atoms with E-state index in [4.69, 9.17) is 10.7 Å². The molecular weight excluding hydrogens is 402 g/mol. The molecule has 0 aromatic heterocycles. The van der Waals surface area contributed by atoms with Crippen LogP contribution in [0.25, 0.3) is 0 Å². The Kier molecular flexibility index (Phi) is 9.10. The lowest BCUT2D eigenvalue weighted by Gasteiger charge is -2.34. The second-order valence-corrected chi connectivity index (χ2v) is 9.85. The van der Waals surface area contributed by atoms with Gasteiger partial charge in [0.15, 0.2) is 5.96 Å². The zero-order chi connectivity index (χ0) is 22.1. The average Bonchev–Trinajstić information content (AvgIpc) is 2.64. The topological polar surface area (TPSA) is 117 Å². The molecule has 1 amide bonds. The van der Waals surface area contributed by atoms with E-state index in [1.54, 1.807) is 13.8 Å². The number of rotatable bonds is 9. The summed E-state index contributed by atoms with van der Waals surface area (Å²) in [6.07, 6.45) is 2.36. The van der Waals surface area contributed by atoms with Gasteiger partial charge in [0.2, 0.25) is 15.9 Å². The van der Waals surface area contributed by atoms with Crippen molar-refractivity contribution in [2.75, 3.05) is 19.6 Å². The van der Waals surface area contributed by atoms with Gasteiger partial charge in [-0.3, -0.25) is 4.79 Å². The fourth-order valence-corrected chi connectivity index (χ4v) is 5.25. The minimum absolute atomic E-state index is 0.0716. The summed E-state index contributed by atoms with van der Waals surface area (Å²) in [5.41, 5.74) is 7.01. The normalized spacial score (nSPS) is 17.9. The van der Waals surface area contributed by atoms with Crippen molar-refractivity contribution >= 4 is 21.9 Å². The molecule has 1 aromatic rings. The van der Waals surface area contributed by atoms with E-state index in [2.05, 4.69) is 14.9 Å². The smallest absolute Gasteiger partial charge is 0.217 e. The quantitative estimate of drug-likeness (QED) is 0.400. The number of carbonyl (C=O) groups excluding carboxylic acids is 1. The van der Waals surface area contributed by atoms with Crippen LogP contribution >= 0.6 is 0 Å². The lowest BCUT2D eigenvalue weighted by Crippen LogP contribution is -2.47. The summed E-state index contributed by atoms with van der Waals surface area (Å²) in [5, 5.41) is 3.32. The molecule has 1 atom stereocenters. The van der Waals surface area contributed by atoms with Crippen molar-refractivity contribution in [1.82, 2.24) is 14.9 Å². The van der Waals surface area contributed by atoms with Crippen LogP contribution in [0.5, 0.6) is 0 Å². The Hall–Kier alpha value is -2.13. The molecule has 4 N–H and O–H groups in total. The molecule has 1 fully saturated rings. The van der Waals surface area contributed by atoms with E-state index in [0.717, 1.165) is 49.6 Å². The third-order valence-electron chi connectivity index (χ3n) is 4.92. The van der Waals surface area contributed by atoms with Gasteiger partial charge in [-0.15, -0.1) is 0 Å². The van der Waals surface area contributed by atoms with Crippen molar-refractivity contribution in [3.05, 3.63) is 35.4 Å². The molecule has 1 aliphatic heterocycles. The molecule has 9 heteroatoms. The fraction of sp³-hybridized carbons (Fsp3) is 0.619. The van der Waals surface area contributed by atoms with Crippen molar-refractivity contribution in [2.45, 2.75) is 58.4 Å². The minimum atomic E-state index is -3.41. The second-order valence-electron chi connectivity index (χ2n) is 8.10. The number of primary amides is 1. The van der Waals surface area contributed by atoms with Gasteiger partial charge >= 0.3 is 0 Å². The highest BCUT2D eigenvalue weighted by atomic mass is 32.2. The van der Waals surface area contributed by atoms with Gasteiger partial charge in [0.25, 0.3) is 0 Å². The van der Waals surface area contributed by atoms with Crippen LogP contribution in [0, 0.1) is 5.92 Å². The Balaban J connectivity index is 2.16. The van der Waals surface area contributed by atoms with E-state index in [9.17, 15) is 13.2 Å². The van der Waals surface area contributed by atoms with E-state index in [1.807, 2.05) is 31.2 Å². The third kappa shape index (κ3) is 7.95. The Morgan fingerprint density at radius 3 is 2.63 bits per heavy atom. The lowest BCUT2D eigenvalue weighted by atomic mass is 9.95. The van der Waals surface area contributed by atoms with Crippen molar-refractivity contribution in [1.29, 1.82) is 0 Å². The predicted molar refractivity (Wildman–Crippen MR) is 120 cm³/mol. The van der Waals surface area contributed by atoms with Gasteiger partial charge in [-0.2, -0.15) is 0 Å². The van der Waals surface area contributed by atoms with Crippen LogP contribution in [-0.2, 0) is 27.1 Å². The van der Waals surface area contributed by atoms with Gasteiger partial charge in [0, 0.05) is 32.1 Å². The van der Waals surface area contributed by atoms with Crippen LogP contribution in [0.3, 0.4) is 0 Å². The number of amides is 1. The molecule has 0 radical (unpaired) electrons. The Labute approximate surface area is 180 Å². The molecule has 8 nitrogen and oxygen atoms in total. The maximum absolute atomic E-state index is 12.4. The lowest BCUT2D eigenvalue weighted by molar-refractivity contribution is -0.119. The van der Waals surface area contributed by atoms with Crippen LogP contribution in [0.1, 0.15) is 51.2 Å². The van der Waals surface area contributed by atoms with Gasteiger partial charge in [-0.25, -0.2) is 18.1 Å². The zero-order valence-corrected chi connectivity index (χ0v) is 19.0. The standard InChI is InChI=1S/C21H35N5O3S/c1-4-23-21(26-11-7-8-17(14-26)12-20(22)27)24-13-18-9-5-6-10-19(18)15-30(28,29)25-16(2)3/h5-6,9-10,16-17,25H,4,7-8,11-15H2,1-3H3,(H2,22,27)(H,23,24). The number of hydrogen-bond acceptors (Lipinski definition) is 4. The van der Waals surface area contributed by atoms with Crippen molar-refractivity contribution < 1.29 is 13.2 Å². The third-order valence-corrected chi connectivity index (χ3v) is 6.44. The van der Waals surface area contributed by atoms with E-state index in [1.165, 1.54) is 0 Å². The number of carbonyl (C=O) groups is 1. The largest absolute Gasteiger partial charge is 0.370 e. The zero-order valence-electron chi connectivity index (χ0n) is 18.2. The molecule has 1 aromatic carbocycles. The molecular formula is C21H35N5O3S. The van der Waals surface area contributed by atoms with E-state index in [0.29, 0.717) is 13.0 Å². The molecule has 1 heterocycles. The van der Waals surface area contributed by atoms with E-state index >= 15 is 0 Å². The average molecular weight is 438 g/mol. The van der Waals surface area contributed by atoms with Crippen LogP contribution in [0.4, 0.5) is 0 Å². The first-order valence-corrected chi connectivity index (χ1v) is 12.2. The second kappa shape index (κ2) is 11.3. The number of nitrogens with one attached hydrogen (secondary N) is 2. The maximum Gasteiger partial charge on any atom is 0.217 e. The summed E-state index contributed by atoms with van der Waals surface area (Å²) in [7, 11) is -3.41. The van der Waals surface area contributed by atoms with Crippen LogP contribution in [0.2, 0.25) is 0 Å². The summed E-state index contributed by atoms with van der Waals surface area (Å²) in [4.78, 5) is 18.2. The molecule has 0 spiro atoms. The molecule has 2 rings (SSSR count). The van der Waals surface area contributed by atoms with Crippen molar-refractivity contribution in [2.24, 2.45) is 16.6 Å². The molecule has 168 valence electrons. The van der Waals surface area contributed by atoms with Gasteiger partial charge < -0.3 is 16.0 Å². The van der Waals surface area contributed by atoms with E-state index < -0.39 is 10.0 Å². The number of nitrogens with zero attached hydrogens (tertiary/aromatic N) is 2. The first-order chi connectivity index (χ1) is 14.2. The first-order valence-electron chi connectivity index (χ1n) is 10.6. The van der Waals surface area contributed by atoms with Gasteiger partial charge in [0.1, 0.15) is 0 Å². The Bertz CT molecular complexity index is 839. The summed E-state index contributed by atoms with van der Waals surface area (Å²) >= 11 is 0. The summed E-state index contributed by atoms with van der Waals surface area (Å²) in [6, 6.07) is 7.35. The molecule has 1 aliphatic rings. The van der Waals surface area contributed by atoms with Gasteiger partial charge in [-0.05, 0) is 50.7 Å². The summed E-state index contributed by atoms with van der Waals surface area (Å²) in [6.45, 7) is 8.34. The minimum Gasteiger partial charge on any atom is -0.370 e. The molecule has 1 saturated heterocycles. The highest BCUT2D eigenvalue weighted by Gasteiger charge is 2.23. The number of benzene rings is 1. The molecule has 0 bridgehead atoms. The van der Waals surface area contributed by atoms with Crippen LogP contribution in [-0.4, -0.2) is 50.9 Å². The van der Waals surface area contributed by atoms with Crippen molar-refractivity contribution in [3.63, 3.8) is 0 Å². The van der Waals surface area contributed by atoms with Crippen LogP contribution in [0.15, 0.2) is 29.3 Å². The Morgan fingerprint density at radius 1 is 1.30 bits per heavy atom. The summed E-state index contributed by atoms with van der Waals surface area (Å²) < 4.78 is 27.4.